The predicted molar refractivity (Wildman–Crippen MR) is 159 cm³/mol. The summed E-state index contributed by atoms with van der Waals surface area (Å²) in [5.74, 6) is 1.81. The summed E-state index contributed by atoms with van der Waals surface area (Å²) < 4.78 is 0. The number of allylic oxidation sites excluding steroid dienone is 5. The molecule has 2 rings (SSSR count). The summed E-state index contributed by atoms with van der Waals surface area (Å²) in [5, 5.41) is 12.5. The molecule has 0 aromatic rings. The zero-order valence-corrected chi connectivity index (χ0v) is 23.3. The Kier molecular flexibility index (Phi) is 15.8. The molecule has 37 heavy (non-hydrogen) atoms. The smallest absolute Gasteiger partial charge is 0.223 e. The average molecular weight is 509 g/mol. The van der Waals surface area contributed by atoms with E-state index in [0.717, 1.165) is 68.7 Å². The second kappa shape index (κ2) is 18.3. The highest BCUT2D eigenvalue weighted by Gasteiger charge is 2.30. The third-order valence-electron chi connectivity index (χ3n) is 6.06. The Balaban J connectivity index is 0.00000334. The van der Waals surface area contributed by atoms with Gasteiger partial charge in [-0.3, -0.25) is 14.8 Å². The van der Waals surface area contributed by atoms with E-state index in [-0.39, 0.29) is 11.8 Å². The van der Waals surface area contributed by atoms with E-state index in [9.17, 15) is 9.90 Å². The van der Waals surface area contributed by atoms with E-state index >= 15 is 0 Å². The summed E-state index contributed by atoms with van der Waals surface area (Å²) in [6.45, 7) is 23.3. The number of carbonyl (C=O) groups is 1. The first-order chi connectivity index (χ1) is 17.8. The van der Waals surface area contributed by atoms with E-state index in [1.807, 2.05) is 18.2 Å². The van der Waals surface area contributed by atoms with Gasteiger partial charge in [-0.2, -0.15) is 0 Å². The van der Waals surface area contributed by atoms with Gasteiger partial charge in [-0.15, -0.1) is 13.2 Å². The maximum atomic E-state index is 12.1. The van der Waals surface area contributed by atoms with E-state index in [1.54, 1.807) is 13.0 Å². The van der Waals surface area contributed by atoms with Gasteiger partial charge in [0.1, 0.15) is 5.84 Å². The van der Waals surface area contributed by atoms with Crippen LogP contribution in [0, 0.1) is 11.8 Å². The standard InChI is InChI=1S/C29H44N4O2.C2H4/c1-22(2)10-8-14-27(20-30-5)28(31-18-23(3)11-6-7-12-24(4)34)33-17-9-13-25(21-33)19-32-29(35)26-15-16-26;1-2/h6-7,10-12,14,24-26,34H,3,5,8-9,13,15-21H2,1-2,4H3,(H,32,35);1-2H2/b11-6-,12-7-,27-14+,31-28?;. The van der Waals surface area contributed by atoms with Gasteiger partial charge in [0.2, 0.25) is 5.91 Å². The number of aliphatic hydroxyl groups is 1. The molecule has 0 aromatic heterocycles. The predicted octanol–water partition coefficient (Wildman–Crippen LogP) is 5.46. The second-order valence-electron chi connectivity index (χ2n) is 9.88. The van der Waals surface area contributed by atoms with Crippen LogP contribution in [-0.4, -0.2) is 67.3 Å². The Bertz CT molecular complexity index is 887. The summed E-state index contributed by atoms with van der Waals surface area (Å²) in [7, 11) is 0. The van der Waals surface area contributed by atoms with Crippen molar-refractivity contribution in [3.8, 4) is 0 Å². The van der Waals surface area contributed by atoms with Crippen LogP contribution in [0.25, 0.3) is 0 Å². The van der Waals surface area contributed by atoms with Crippen molar-refractivity contribution < 1.29 is 9.90 Å². The molecule has 2 unspecified atom stereocenters. The Morgan fingerprint density at radius 2 is 1.89 bits per heavy atom. The van der Waals surface area contributed by atoms with Gasteiger partial charge in [0.05, 0.1) is 19.2 Å². The molecule has 1 saturated carbocycles. The first kappa shape index (κ1) is 32.0. The molecule has 0 bridgehead atoms. The first-order valence-corrected chi connectivity index (χ1v) is 13.3. The highest BCUT2D eigenvalue weighted by Crippen LogP contribution is 2.29. The van der Waals surface area contributed by atoms with Gasteiger partial charge in [0.25, 0.3) is 0 Å². The molecule has 204 valence electrons. The molecule has 1 heterocycles. The SMILES string of the molecule is C=C.C=NC/C(=C\CC=C(C)C)C(=NCC(=C)/C=C\C=C/C(C)O)N1CCCC(CNC(=O)C2CC2)C1. The lowest BCUT2D eigenvalue weighted by Crippen LogP contribution is -2.45. The Morgan fingerprint density at radius 3 is 2.51 bits per heavy atom. The number of carbonyl (C=O) groups excluding carboxylic acids is 1. The Hall–Kier alpha value is -2.99. The average Bonchev–Trinajstić information content (AvgIpc) is 3.72. The number of aliphatic hydroxyl groups excluding tert-OH is 1. The van der Waals surface area contributed by atoms with Crippen molar-refractivity contribution in [2.45, 2.75) is 59.0 Å². The first-order valence-electron chi connectivity index (χ1n) is 13.3. The molecule has 6 nitrogen and oxygen atoms in total. The minimum atomic E-state index is -0.474. The summed E-state index contributed by atoms with van der Waals surface area (Å²) in [4.78, 5) is 23.7. The molecule has 0 aromatic carbocycles. The third-order valence-corrected chi connectivity index (χ3v) is 6.06. The number of amides is 1. The number of rotatable bonds is 13. The van der Waals surface area contributed by atoms with Crippen LogP contribution in [0.4, 0.5) is 0 Å². The molecule has 1 amide bonds. The molecule has 6 heteroatoms. The van der Waals surface area contributed by atoms with E-state index in [1.165, 1.54) is 5.57 Å². The molecule has 2 aliphatic rings. The maximum absolute atomic E-state index is 12.1. The normalized spacial score (nSPS) is 19.2. The van der Waals surface area contributed by atoms with Crippen LogP contribution in [0.15, 0.2) is 82.9 Å². The van der Waals surface area contributed by atoms with E-state index < -0.39 is 6.10 Å². The number of nitrogens with one attached hydrogen (secondary N) is 1. The van der Waals surface area contributed by atoms with Crippen molar-refractivity contribution >= 4 is 18.5 Å². The molecule has 1 aliphatic carbocycles. The van der Waals surface area contributed by atoms with Crippen molar-refractivity contribution in [1.29, 1.82) is 0 Å². The number of nitrogens with zero attached hydrogens (tertiary/aromatic N) is 3. The van der Waals surface area contributed by atoms with Gasteiger partial charge >= 0.3 is 0 Å². The summed E-state index contributed by atoms with van der Waals surface area (Å²) in [5.41, 5.74) is 3.24. The van der Waals surface area contributed by atoms with Crippen LogP contribution in [0.5, 0.6) is 0 Å². The largest absolute Gasteiger partial charge is 0.389 e. The van der Waals surface area contributed by atoms with Crippen LogP contribution in [0.1, 0.15) is 52.9 Å². The Labute approximate surface area is 225 Å². The van der Waals surface area contributed by atoms with Gasteiger partial charge in [-0.25, -0.2) is 0 Å². The maximum Gasteiger partial charge on any atom is 0.223 e. The molecular formula is C31H48N4O2. The van der Waals surface area contributed by atoms with E-state index in [2.05, 4.69) is 67.7 Å². The van der Waals surface area contributed by atoms with Crippen molar-refractivity contribution in [1.82, 2.24) is 10.2 Å². The third kappa shape index (κ3) is 13.8. The lowest BCUT2D eigenvalue weighted by molar-refractivity contribution is -0.122. The van der Waals surface area contributed by atoms with Crippen LogP contribution in [-0.2, 0) is 4.79 Å². The number of hydrogen-bond acceptors (Lipinski definition) is 4. The number of amidine groups is 1. The van der Waals surface area contributed by atoms with Crippen molar-refractivity contribution in [2.24, 2.45) is 21.8 Å². The number of piperidine rings is 1. The lowest BCUT2D eigenvalue weighted by atomic mass is 9.96. The minimum Gasteiger partial charge on any atom is -0.389 e. The summed E-state index contributed by atoms with van der Waals surface area (Å²) in [6, 6.07) is 0. The van der Waals surface area contributed by atoms with Gasteiger partial charge in [0.15, 0.2) is 0 Å². The quantitative estimate of drug-likeness (QED) is 0.150. The number of aliphatic imine (C=N–C) groups is 2. The zero-order chi connectivity index (χ0) is 27.6. The highest BCUT2D eigenvalue weighted by atomic mass is 16.3. The summed E-state index contributed by atoms with van der Waals surface area (Å²) >= 11 is 0. The molecule has 2 N–H and O–H groups in total. The molecule has 2 fully saturated rings. The number of likely N-dealkylation sites (tertiary alicyclic amines) is 1. The summed E-state index contributed by atoms with van der Waals surface area (Å²) in [6.07, 6.45) is 16.3. The van der Waals surface area contributed by atoms with Gasteiger partial charge in [-0.1, -0.05) is 48.6 Å². The topological polar surface area (TPSA) is 77.3 Å². The molecule has 0 radical (unpaired) electrons. The number of hydrogen-bond donors (Lipinski definition) is 2. The van der Waals surface area contributed by atoms with E-state index in [0.29, 0.717) is 19.0 Å². The fraction of sp³-hybridized carbons (Fsp3) is 0.516. The van der Waals surface area contributed by atoms with Gasteiger partial charge in [0, 0.05) is 31.1 Å². The van der Waals surface area contributed by atoms with Gasteiger partial charge in [-0.05, 0) is 71.1 Å². The van der Waals surface area contributed by atoms with Crippen molar-refractivity contribution in [3.05, 3.63) is 72.9 Å². The van der Waals surface area contributed by atoms with Crippen molar-refractivity contribution in [2.75, 3.05) is 32.7 Å². The van der Waals surface area contributed by atoms with Crippen LogP contribution >= 0.6 is 0 Å². The van der Waals surface area contributed by atoms with Crippen LogP contribution < -0.4 is 5.32 Å². The van der Waals surface area contributed by atoms with Crippen LogP contribution in [0.3, 0.4) is 0 Å². The molecule has 2 atom stereocenters. The zero-order valence-electron chi connectivity index (χ0n) is 23.3. The monoisotopic (exact) mass is 508 g/mol. The lowest BCUT2D eigenvalue weighted by Gasteiger charge is -2.36. The minimum absolute atomic E-state index is 0.210. The van der Waals surface area contributed by atoms with Gasteiger partial charge < -0.3 is 15.3 Å². The second-order valence-corrected chi connectivity index (χ2v) is 9.88. The fourth-order valence-electron chi connectivity index (χ4n) is 3.99. The van der Waals surface area contributed by atoms with Crippen molar-refractivity contribution in [3.63, 3.8) is 0 Å². The fourth-order valence-corrected chi connectivity index (χ4v) is 3.99. The molecule has 0 spiro atoms. The molecular weight excluding hydrogens is 460 g/mol. The van der Waals surface area contributed by atoms with E-state index in [4.69, 9.17) is 4.99 Å². The molecule has 1 saturated heterocycles. The van der Waals surface area contributed by atoms with Crippen LogP contribution in [0.2, 0.25) is 0 Å². The molecule has 1 aliphatic heterocycles. The Morgan fingerprint density at radius 1 is 1.16 bits per heavy atom. The highest BCUT2D eigenvalue weighted by molar-refractivity contribution is 5.99.